The third-order valence-electron chi connectivity index (χ3n) is 5.82. The molecule has 0 radical (unpaired) electrons. The summed E-state index contributed by atoms with van der Waals surface area (Å²) in [7, 11) is 0. The summed E-state index contributed by atoms with van der Waals surface area (Å²) in [6.45, 7) is 3.13. The number of thiazole rings is 1. The fourth-order valence-corrected chi connectivity index (χ4v) is 5.25. The lowest BCUT2D eigenvalue weighted by Gasteiger charge is -2.29. The molecule has 0 aliphatic carbocycles. The number of aromatic nitrogens is 3. The van der Waals surface area contributed by atoms with Crippen LogP contribution in [0.5, 0.6) is 0 Å². The van der Waals surface area contributed by atoms with Crippen molar-refractivity contribution >= 4 is 28.3 Å². The summed E-state index contributed by atoms with van der Waals surface area (Å²) in [4.78, 5) is 33.7. The third-order valence-corrected chi connectivity index (χ3v) is 6.88. The summed E-state index contributed by atoms with van der Waals surface area (Å²) in [5.74, 6) is 0.372. The Hall–Kier alpha value is -3.72. The highest BCUT2D eigenvalue weighted by molar-refractivity contribution is 7.17. The highest BCUT2D eigenvalue weighted by Crippen LogP contribution is 2.30. The number of hydrogen-bond acceptors (Lipinski definition) is 6. The minimum absolute atomic E-state index is 0.0850. The van der Waals surface area contributed by atoms with Crippen LogP contribution >= 0.6 is 11.3 Å². The van der Waals surface area contributed by atoms with Gasteiger partial charge in [-0.1, -0.05) is 72.0 Å². The summed E-state index contributed by atoms with van der Waals surface area (Å²) >= 11 is 1.56. The monoisotopic (exact) mass is 475 g/mol. The molecule has 1 unspecified atom stereocenters. The average molecular weight is 476 g/mol. The molecule has 1 N–H and O–H groups in total. The standard InChI is InChI=1S/C25H25N5O3S/c1-2-33-22(31)15-19(17-9-5-3-6-10-17)26-24(32)29-14-13-20-21(16-29)34-25-27-23(28-30(20)25)18-11-7-4-8-12-18/h3-12,19H,2,13-16H2,1H3,(H,26,32). The van der Waals surface area contributed by atoms with Gasteiger partial charge in [-0.2, -0.15) is 4.98 Å². The number of carbonyl (C=O) groups excluding carboxylic acids is 2. The summed E-state index contributed by atoms with van der Waals surface area (Å²) < 4.78 is 7.02. The Kier molecular flexibility index (Phi) is 6.27. The minimum Gasteiger partial charge on any atom is -0.466 e. The van der Waals surface area contributed by atoms with Crippen LogP contribution in [0.2, 0.25) is 0 Å². The van der Waals surface area contributed by atoms with Gasteiger partial charge in [0.25, 0.3) is 0 Å². The molecule has 1 aliphatic rings. The fraction of sp³-hybridized carbons (Fsp3) is 0.280. The molecular formula is C25H25N5O3S. The van der Waals surface area contributed by atoms with Crippen LogP contribution in [-0.4, -0.2) is 44.7 Å². The topological polar surface area (TPSA) is 88.8 Å². The van der Waals surface area contributed by atoms with Crippen molar-refractivity contribution in [3.63, 3.8) is 0 Å². The van der Waals surface area contributed by atoms with E-state index in [0.717, 1.165) is 26.7 Å². The van der Waals surface area contributed by atoms with Crippen LogP contribution in [0.3, 0.4) is 0 Å². The molecule has 5 rings (SSSR count). The molecule has 3 heterocycles. The lowest BCUT2D eigenvalue weighted by Crippen LogP contribution is -2.44. The van der Waals surface area contributed by atoms with E-state index in [-0.39, 0.29) is 18.4 Å². The number of hydrogen-bond donors (Lipinski definition) is 1. The number of rotatable bonds is 6. The van der Waals surface area contributed by atoms with E-state index in [4.69, 9.17) is 14.8 Å². The van der Waals surface area contributed by atoms with E-state index in [9.17, 15) is 9.59 Å². The summed E-state index contributed by atoms with van der Waals surface area (Å²) in [5.41, 5.74) is 2.95. The number of benzene rings is 2. The van der Waals surface area contributed by atoms with Gasteiger partial charge in [0, 0.05) is 23.4 Å². The molecule has 0 spiro atoms. The fourth-order valence-electron chi connectivity index (χ4n) is 4.14. The van der Waals surface area contributed by atoms with Gasteiger partial charge in [-0.25, -0.2) is 9.31 Å². The van der Waals surface area contributed by atoms with E-state index in [0.29, 0.717) is 31.9 Å². The molecule has 174 valence electrons. The van der Waals surface area contributed by atoms with Gasteiger partial charge < -0.3 is 15.0 Å². The number of urea groups is 1. The second-order valence-corrected chi connectivity index (χ2v) is 9.12. The lowest BCUT2D eigenvalue weighted by molar-refractivity contribution is -0.143. The molecule has 1 aliphatic heterocycles. The Balaban J connectivity index is 1.31. The number of ether oxygens (including phenoxy) is 1. The van der Waals surface area contributed by atoms with Crippen LogP contribution in [0.1, 0.15) is 35.5 Å². The summed E-state index contributed by atoms with van der Waals surface area (Å²) in [6.07, 6.45) is 0.774. The molecule has 1 atom stereocenters. The van der Waals surface area contributed by atoms with E-state index in [2.05, 4.69) is 5.32 Å². The van der Waals surface area contributed by atoms with Gasteiger partial charge >= 0.3 is 12.0 Å². The lowest BCUT2D eigenvalue weighted by atomic mass is 10.0. The number of nitrogens with zero attached hydrogens (tertiary/aromatic N) is 4. The molecular weight excluding hydrogens is 450 g/mol. The quantitative estimate of drug-likeness (QED) is 0.422. The smallest absolute Gasteiger partial charge is 0.318 e. The molecule has 8 nitrogen and oxygen atoms in total. The largest absolute Gasteiger partial charge is 0.466 e. The van der Waals surface area contributed by atoms with Gasteiger partial charge in [-0.05, 0) is 12.5 Å². The number of esters is 1. The van der Waals surface area contributed by atoms with Gasteiger partial charge in [0.15, 0.2) is 5.82 Å². The van der Waals surface area contributed by atoms with Gasteiger partial charge in [-0.3, -0.25) is 4.79 Å². The summed E-state index contributed by atoms with van der Waals surface area (Å²) in [6, 6.07) is 18.8. The van der Waals surface area contributed by atoms with Crippen LogP contribution in [0, 0.1) is 0 Å². The molecule has 2 aromatic carbocycles. The zero-order valence-corrected chi connectivity index (χ0v) is 19.6. The van der Waals surface area contributed by atoms with Gasteiger partial charge in [0.2, 0.25) is 4.96 Å². The minimum atomic E-state index is -0.454. The first-order valence-electron chi connectivity index (χ1n) is 11.3. The van der Waals surface area contributed by atoms with Crippen molar-refractivity contribution < 1.29 is 14.3 Å². The predicted octanol–water partition coefficient (Wildman–Crippen LogP) is 4.22. The Morgan fingerprint density at radius 1 is 1.12 bits per heavy atom. The maximum absolute atomic E-state index is 13.2. The first-order valence-corrected chi connectivity index (χ1v) is 12.1. The molecule has 0 saturated heterocycles. The molecule has 0 saturated carbocycles. The summed E-state index contributed by atoms with van der Waals surface area (Å²) in [5, 5.41) is 7.74. The number of nitrogens with one attached hydrogen (secondary N) is 1. The zero-order valence-electron chi connectivity index (χ0n) is 18.8. The Morgan fingerprint density at radius 2 is 1.85 bits per heavy atom. The van der Waals surface area contributed by atoms with Crippen molar-refractivity contribution in [2.45, 2.75) is 32.4 Å². The van der Waals surface area contributed by atoms with Crippen LogP contribution in [0.4, 0.5) is 4.79 Å². The SMILES string of the molecule is CCOC(=O)CC(NC(=O)N1CCc2c(sc3nc(-c4ccccc4)nn23)C1)c1ccccc1. The van der Waals surface area contributed by atoms with Gasteiger partial charge in [0.1, 0.15) is 0 Å². The van der Waals surface area contributed by atoms with E-state index >= 15 is 0 Å². The van der Waals surface area contributed by atoms with Crippen molar-refractivity contribution in [2.75, 3.05) is 13.2 Å². The number of fused-ring (bicyclic) bond motifs is 3. The molecule has 34 heavy (non-hydrogen) atoms. The van der Waals surface area contributed by atoms with Crippen molar-refractivity contribution in [1.82, 2.24) is 24.8 Å². The molecule has 0 fully saturated rings. The predicted molar refractivity (Wildman–Crippen MR) is 129 cm³/mol. The number of amides is 2. The average Bonchev–Trinajstić information content (AvgIpc) is 3.42. The second-order valence-electron chi connectivity index (χ2n) is 8.06. The normalized spacial score (nSPS) is 14.0. The first kappa shape index (κ1) is 22.1. The van der Waals surface area contributed by atoms with Crippen molar-refractivity contribution in [3.8, 4) is 11.4 Å². The van der Waals surface area contributed by atoms with Crippen LogP contribution < -0.4 is 5.32 Å². The molecule has 2 amide bonds. The molecule has 0 bridgehead atoms. The van der Waals surface area contributed by atoms with Gasteiger partial charge in [-0.15, -0.1) is 5.10 Å². The zero-order chi connectivity index (χ0) is 23.5. The van der Waals surface area contributed by atoms with E-state index in [1.54, 1.807) is 23.2 Å². The van der Waals surface area contributed by atoms with E-state index < -0.39 is 6.04 Å². The third kappa shape index (κ3) is 4.51. The second kappa shape index (κ2) is 9.64. The van der Waals surface area contributed by atoms with E-state index in [1.165, 1.54) is 0 Å². The molecule has 4 aromatic rings. The van der Waals surface area contributed by atoms with Gasteiger partial charge in [0.05, 0.1) is 31.3 Å². The van der Waals surface area contributed by atoms with Crippen LogP contribution in [-0.2, 0) is 22.5 Å². The van der Waals surface area contributed by atoms with Crippen molar-refractivity contribution in [1.29, 1.82) is 0 Å². The first-order chi connectivity index (χ1) is 16.6. The Bertz CT molecular complexity index is 1300. The number of carbonyl (C=O) groups is 2. The Labute approximate surface area is 201 Å². The maximum atomic E-state index is 13.2. The van der Waals surface area contributed by atoms with Crippen LogP contribution in [0.15, 0.2) is 60.7 Å². The highest BCUT2D eigenvalue weighted by atomic mass is 32.1. The maximum Gasteiger partial charge on any atom is 0.318 e. The van der Waals surface area contributed by atoms with E-state index in [1.807, 2.05) is 65.2 Å². The molecule has 2 aromatic heterocycles. The highest BCUT2D eigenvalue weighted by Gasteiger charge is 2.28. The van der Waals surface area contributed by atoms with Crippen molar-refractivity contribution in [2.24, 2.45) is 0 Å². The van der Waals surface area contributed by atoms with Crippen LogP contribution in [0.25, 0.3) is 16.3 Å². The Morgan fingerprint density at radius 3 is 2.59 bits per heavy atom. The van der Waals surface area contributed by atoms with Crippen molar-refractivity contribution in [3.05, 3.63) is 76.8 Å². The molecule has 9 heteroatoms.